The predicted octanol–water partition coefficient (Wildman–Crippen LogP) is 3.41. The van der Waals surface area contributed by atoms with Crippen LogP contribution in [0.1, 0.15) is 49.8 Å². The number of carbonyl (C=O) groups is 1. The molecule has 0 radical (unpaired) electrons. The SMILES string of the molecule is CCC(CC)(C(=O)Cc1ccc2c(c1)CCC2)N(C)C. The van der Waals surface area contributed by atoms with E-state index in [-0.39, 0.29) is 5.54 Å². The van der Waals surface area contributed by atoms with Gasteiger partial charge in [0, 0.05) is 6.42 Å². The highest BCUT2D eigenvalue weighted by atomic mass is 16.1. The molecular formula is C18H27NO. The molecule has 0 fully saturated rings. The maximum absolute atomic E-state index is 12.8. The Balaban J connectivity index is 2.18. The first-order valence-electron chi connectivity index (χ1n) is 7.85. The van der Waals surface area contributed by atoms with Crippen molar-refractivity contribution < 1.29 is 4.79 Å². The molecule has 2 rings (SSSR count). The first kappa shape index (κ1) is 15.2. The molecule has 0 spiro atoms. The Bertz CT molecular complexity index is 486. The lowest BCUT2D eigenvalue weighted by molar-refractivity contribution is -0.129. The Morgan fingerprint density at radius 3 is 2.40 bits per heavy atom. The standard InChI is InChI=1S/C18H27NO/c1-5-18(6-2,19(3)4)17(20)13-14-10-11-15-8-7-9-16(15)12-14/h10-12H,5-9,13H2,1-4H3. The Hall–Kier alpha value is -1.15. The van der Waals surface area contributed by atoms with E-state index in [1.165, 1.54) is 36.0 Å². The summed E-state index contributed by atoms with van der Waals surface area (Å²) in [7, 11) is 4.04. The topological polar surface area (TPSA) is 20.3 Å². The second-order valence-corrected chi connectivity index (χ2v) is 6.19. The molecule has 20 heavy (non-hydrogen) atoms. The van der Waals surface area contributed by atoms with Crippen LogP contribution < -0.4 is 0 Å². The lowest BCUT2D eigenvalue weighted by Gasteiger charge is -2.37. The quantitative estimate of drug-likeness (QED) is 0.791. The maximum atomic E-state index is 12.8. The number of benzene rings is 1. The average Bonchev–Trinajstić information content (AvgIpc) is 2.87. The van der Waals surface area contributed by atoms with E-state index in [9.17, 15) is 4.79 Å². The fourth-order valence-electron chi connectivity index (χ4n) is 3.61. The zero-order chi connectivity index (χ0) is 14.8. The number of ketones is 1. The summed E-state index contributed by atoms with van der Waals surface area (Å²) >= 11 is 0. The van der Waals surface area contributed by atoms with Crippen LogP contribution >= 0.6 is 0 Å². The molecule has 0 aromatic heterocycles. The zero-order valence-corrected chi connectivity index (χ0v) is 13.3. The highest BCUT2D eigenvalue weighted by Crippen LogP contribution is 2.27. The number of fused-ring (bicyclic) bond motifs is 1. The number of Topliss-reactive ketones (excluding diaryl/α,β-unsaturated/α-hetero) is 1. The number of carbonyl (C=O) groups excluding carboxylic acids is 1. The minimum atomic E-state index is -0.307. The molecule has 0 saturated heterocycles. The molecule has 0 unspecified atom stereocenters. The maximum Gasteiger partial charge on any atom is 0.157 e. The highest BCUT2D eigenvalue weighted by Gasteiger charge is 2.36. The molecule has 1 aromatic carbocycles. The first-order chi connectivity index (χ1) is 9.53. The Morgan fingerprint density at radius 2 is 1.80 bits per heavy atom. The number of hydrogen-bond acceptors (Lipinski definition) is 2. The van der Waals surface area contributed by atoms with Crippen LogP contribution in [-0.4, -0.2) is 30.3 Å². The minimum absolute atomic E-state index is 0.307. The monoisotopic (exact) mass is 273 g/mol. The van der Waals surface area contributed by atoms with Crippen molar-refractivity contribution >= 4 is 5.78 Å². The Kier molecular flexibility index (Phi) is 4.64. The summed E-state index contributed by atoms with van der Waals surface area (Å²) in [5.74, 6) is 0.352. The highest BCUT2D eigenvalue weighted by molar-refractivity contribution is 5.90. The fourth-order valence-corrected chi connectivity index (χ4v) is 3.61. The predicted molar refractivity (Wildman–Crippen MR) is 84.2 cm³/mol. The van der Waals surface area contributed by atoms with Crippen molar-refractivity contribution in [2.75, 3.05) is 14.1 Å². The van der Waals surface area contributed by atoms with Gasteiger partial charge in [-0.3, -0.25) is 9.69 Å². The van der Waals surface area contributed by atoms with Crippen LogP contribution in [0.5, 0.6) is 0 Å². The molecule has 0 amide bonds. The van der Waals surface area contributed by atoms with Crippen LogP contribution in [0.15, 0.2) is 18.2 Å². The van der Waals surface area contributed by atoms with Crippen molar-refractivity contribution in [2.45, 2.75) is 57.9 Å². The van der Waals surface area contributed by atoms with Gasteiger partial charge >= 0.3 is 0 Å². The van der Waals surface area contributed by atoms with Gasteiger partial charge in [-0.25, -0.2) is 0 Å². The zero-order valence-electron chi connectivity index (χ0n) is 13.3. The number of hydrogen-bond donors (Lipinski definition) is 0. The average molecular weight is 273 g/mol. The van der Waals surface area contributed by atoms with Gasteiger partial charge in [0.1, 0.15) is 0 Å². The van der Waals surface area contributed by atoms with Crippen LogP contribution in [0.25, 0.3) is 0 Å². The van der Waals surface area contributed by atoms with Crippen molar-refractivity contribution in [3.63, 3.8) is 0 Å². The molecular weight excluding hydrogens is 246 g/mol. The van der Waals surface area contributed by atoms with Gasteiger partial charge in [-0.2, -0.15) is 0 Å². The summed E-state index contributed by atoms with van der Waals surface area (Å²) in [6.45, 7) is 4.23. The van der Waals surface area contributed by atoms with Gasteiger partial charge in [-0.15, -0.1) is 0 Å². The molecule has 110 valence electrons. The molecule has 1 aromatic rings. The van der Waals surface area contributed by atoms with Gasteiger partial charge in [0.25, 0.3) is 0 Å². The van der Waals surface area contributed by atoms with E-state index in [1.807, 2.05) is 14.1 Å². The van der Waals surface area contributed by atoms with E-state index in [0.29, 0.717) is 12.2 Å². The molecule has 1 aliphatic carbocycles. The van der Waals surface area contributed by atoms with Crippen molar-refractivity contribution in [2.24, 2.45) is 0 Å². The largest absolute Gasteiger partial charge is 0.297 e. The fraction of sp³-hybridized carbons (Fsp3) is 0.611. The smallest absolute Gasteiger partial charge is 0.157 e. The summed E-state index contributed by atoms with van der Waals surface area (Å²) in [6.07, 6.45) is 5.96. The molecule has 0 aliphatic heterocycles. The van der Waals surface area contributed by atoms with Gasteiger partial charge < -0.3 is 0 Å². The molecule has 2 heteroatoms. The molecule has 1 aliphatic rings. The van der Waals surface area contributed by atoms with E-state index in [4.69, 9.17) is 0 Å². The van der Waals surface area contributed by atoms with Gasteiger partial charge in [0.05, 0.1) is 5.54 Å². The number of rotatable bonds is 6. The third kappa shape index (κ3) is 2.67. The number of aryl methyl sites for hydroxylation is 2. The van der Waals surface area contributed by atoms with Crippen LogP contribution in [0.2, 0.25) is 0 Å². The summed E-state index contributed by atoms with van der Waals surface area (Å²) in [5, 5.41) is 0. The van der Waals surface area contributed by atoms with Crippen molar-refractivity contribution in [1.82, 2.24) is 4.90 Å². The van der Waals surface area contributed by atoms with E-state index in [2.05, 4.69) is 36.9 Å². The summed E-state index contributed by atoms with van der Waals surface area (Å²) in [4.78, 5) is 14.9. The van der Waals surface area contributed by atoms with Crippen molar-refractivity contribution in [3.8, 4) is 0 Å². The lowest BCUT2D eigenvalue weighted by Crippen LogP contribution is -2.50. The Labute approximate surface area is 123 Å². The van der Waals surface area contributed by atoms with Gasteiger partial charge in [-0.05, 0) is 62.9 Å². The van der Waals surface area contributed by atoms with Crippen molar-refractivity contribution in [1.29, 1.82) is 0 Å². The third-order valence-corrected chi connectivity index (χ3v) is 5.07. The van der Waals surface area contributed by atoms with E-state index < -0.39 is 0 Å². The first-order valence-corrected chi connectivity index (χ1v) is 7.85. The van der Waals surface area contributed by atoms with E-state index in [1.54, 1.807) is 0 Å². The van der Waals surface area contributed by atoms with Crippen LogP contribution in [0.4, 0.5) is 0 Å². The molecule has 0 heterocycles. The van der Waals surface area contributed by atoms with Gasteiger partial charge in [0.2, 0.25) is 0 Å². The Morgan fingerprint density at radius 1 is 1.15 bits per heavy atom. The molecule has 0 atom stereocenters. The number of nitrogens with zero attached hydrogens (tertiary/aromatic N) is 1. The molecule has 0 saturated carbocycles. The summed E-state index contributed by atoms with van der Waals surface area (Å²) < 4.78 is 0. The minimum Gasteiger partial charge on any atom is -0.297 e. The second-order valence-electron chi connectivity index (χ2n) is 6.19. The van der Waals surface area contributed by atoms with Gasteiger partial charge in [-0.1, -0.05) is 32.0 Å². The van der Waals surface area contributed by atoms with Crippen LogP contribution in [-0.2, 0) is 24.1 Å². The lowest BCUT2D eigenvalue weighted by atomic mass is 9.83. The van der Waals surface area contributed by atoms with Gasteiger partial charge in [0.15, 0.2) is 5.78 Å². The van der Waals surface area contributed by atoms with Crippen LogP contribution in [0, 0.1) is 0 Å². The normalized spacial score (nSPS) is 14.7. The second kappa shape index (κ2) is 6.09. The molecule has 0 N–H and O–H groups in total. The third-order valence-electron chi connectivity index (χ3n) is 5.07. The van der Waals surface area contributed by atoms with E-state index >= 15 is 0 Å². The molecule has 0 bridgehead atoms. The summed E-state index contributed by atoms with van der Waals surface area (Å²) in [5.41, 5.74) is 3.81. The van der Waals surface area contributed by atoms with E-state index in [0.717, 1.165) is 12.8 Å². The molecule has 2 nitrogen and oxygen atoms in total. The number of likely N-dealkylation sites (N-methyl/N-ethyl adjacent to an activating group) is 1. The van der Waals surface area contributed by atoms with Crippen molar-refractivity contribution in [3.05, 3.63) is 34.9 Å². The van der Waals surface area contributed by atoms with Crippen LogP contribution in [0.3, 0.4) is 0 Å². The summed E-state index contributed by atoms with van der Waals surface area (Å²) in [6, 6.07) is 6.62.